The van der Waals surface area contributed by atoms with Gasteiger partial charge in [0.15, 0.2) is 0 Å². The maximum Gasteiger partial charge on any atom is 0.417 e. The van der Waals surface area contributed by atoms with Crippen LogP contribution in [0.2, 0.25) is 0 Å². The van der Waals surface area contributed by atoms with Gasteiger partial charge in [0, 0.05) is 6.42 Å². The van der Waals surface area contributed by atoms with Crippen LogP contribution < -0.4 is 10.1 Å². The SMILES string of the molecule is COc1ccc(C[C@@H](NC(=O)c2ccccc2C(F)(F)F)C(=O)O)cc1. The van der Waals surface area contributed by atoms with Crippen molar-refractivity contribution in [3.05, 3.63) is 65.2 Å². The molecule has 2 N–H and O–H groups in total. The average Bonchev–Trinajstić information content (AvgIpc) is 2.61. The molecule has 0 unspecified atom stereocenters. The van der Waals surface area contributed by atoms with Crippen molar-refractivity contribution in [1.82, 2.24) is 5.32 Å². The van der Waals surface area contributed by atoms with E-state index >= 15 is 0 Å². The number of benzene rings is 2. The summed E-state index contributed by atoms with van der Waals surface area (Å²) in [6.07, 6.45) is -4.80. The zero-order valence-corrected chi connectivity index (χ0v) is 13.7. The number of carboxylic acids is 1. The average molecular weight is 367 g/mol. The summed E-state index contributed by atoms with van der Waals surface area (Å²) in [6.45, 7) is 0. The first-order valence-corrected chi connectivity index (χ1v) is 7.55. The van der Waals surface area contributed by atoms with E-state index in [2.05, 4.69) is 5.32 Å². The van der Waals surface area contributed by atoms with Gasteiger partial charge in [-0.1, -0.05) is 24.3 Å². The summed E-state index contributed by atoms with van der Waals surface area (Å²) in [4.78, 5) is 23.6. The Kier molecular flexibility index (Phi) is 5.86. The van der Waals surface area contributed by atoms with Crippen LogP contribution in [-0.4, -0.2) is 30.1 Å². The van der Waals surface area contributed by atoms with Crippen molar-refractivity contribution >= 4 is 11.9 Å². The Bertz CT molecular complexity index is 788. The molecular formula is C18H16F3NO4. The molecule has 0 fully saturated rings. The van der Waals surface area contributed by atoms with E-state index in [0.717, 1.165) is 18.2 Å². The molecule has 0 heterocycles. The fourth-order valence-electron chi connectivity index (χ4n) is 2.36. The first kappa shape index (κ1) is 19.3. The summed E-state index contributed by atoms with van der Waals surface area (Å²) >= 11 is 0. The molecule has 0 aliphatic carbocycles. The standard InChI is InChI=1S/C18H16F3NO4/c1-26-12-8-6-11(7-9-12)10-15(17(24)25)22-16(23)13-4-2-3-5-14(13)18(19,20)21/h2-9,15H,10H2,1H3,(H,22,23)(H,24,25)/t15-/m1/s1. The number of hydrogen-bond donors (Lipinski definition) is 2. The van der Waals surface area contributed by atoms with E-state index in [1.807, 2.05) is 0 Å². The highest BCUT2D eigenvalue weighted by atomic mass is 19.4. The molecule has 0 spiro atoms. The van der Waals surface area contributed by atoms with Gasteiger partial charge in [0.1, 0.15) is 11.8 Å². The number of carboxylic acid groups (broad SMARTS) is 1. The zero-order chi connectivity index (χ0) is 19.3. The van der Waals surface area contributed by atoms with Crippen molar-refractivity contribution in [1.29, 1.82) is 0 Å². The number of alkyl halides is 3. The number of carbonyl (C=O) groups excluding carboxylic acids is 1. The van der Waals surface area contributed by atoms with Gasteiger partial charge in [0.2, 0.25) is 0 Å². The fourth-order valence-corrected chi connectivity index (χ4v) is 2.36. The van der Waals surface area contributed by atoms with Crippen molar-refractivity contribution in [2.75, 3.05) is 7.11 Å². The lowest BCUT2D eigenvalue weighted by atomic mass is 10.0. The third kappa shape index (κ3) is 4.75. The van der Waals surface area contributed by atoms with Gasteiger partial charge in [-0.05, 0) is 29.8 Å². The van der Waals surface area contributed by atoms with E-state index in [-0.39, 0.29) is 6.42 Å². The van der Waals surface area contributed by atoms with E-state index in [1.54, 1.807) is 24.3 Å². The van der Waals surface area contributed by atoms with E-state index in [9.17, 15) is 27.9 Å². The largest absolute Gasteiger partial charge is 0.497 e. The first-order chi connectivity index (χ1) is 12.2. The van der Waals surface area contributed by atoms with Crippen molar-refractivity contribution in [2.45, 2.75) is 18.6 Å². The third-order valence-electron chi connectivity index (χ3n) is 3.68. The lowest BCUT2D eigenvalue weighted by Gasteiger charge is -2.17. The molecule has 1 amide bonds. The van der Waals surface area contributed by atoms with Gasteiger partial charge >= 0.3 is 12.1 Å². The minimum atomic E-state index is -4.72. The van der Waals surface area contributed by atoms with Gasteiger partial charge in [-0.3, -0.25) is 4.79 Å². The minimum absolute atomic E-state index is 0.0841. The predicted molar refractivity (Wildman–Crippen MR) is 87.0 cm³/mol. The number of ether oxygens (including phenoxy) is 1. The predicted octanol–water partition coefficient (Wildman–Crippen LogP) is 3.14. The Morgan fingerprint density at radius 3 is 2.27 bits per heavy atom. The Morgan fingerprint density at radius 2 is 1.73 bits per heavy atom. The second kappa shape index (κ2) is 7.90. The van der Waals surface area contributed by atoms with Crippen LogP contribution in [-0.2, 0) is 17.4 Å². The van der Waals surface area contributed by atoms with Crippen LogP contribution in [0.1, 0.15) is 21.5 Å². The van der Waals surface area contributed by atoms with Gasteiger partial charge in [-0.2, -0.15) is 13.2 Å². The molecule has 26 heavy (non-hydrogen) atoms. The van der Waals surface area contributed by atoms with Crippen LogP contribution in [0.15, 0.2) is 48.5 Å². The molecule has 0 radical (unpaired) electrons. The van der Waals surface area contributed by atoms with Crippen molar-refractivity contribution in [3.63, 3.8) is 0 Å². The zero-order valence-electron chi connectivity index (χ0n) is 13.7. The second-order valence-corrected chi connectivity index (χ2v) is 5.46. The Labute approximate surface area is 147 Å². The van der Waals surface area contributed by atoms with Gasteiger partial charge in [0.05, 0.1) is 18.2 Å². The number of hydrogen-bond acceptors (Lipinski definition) is 3. The lowest BCUT2D eigenvalue weighted by molar-refractivity contribution is -0.139. The Morgan fingerprint density at radius 1 is 1.12 bits per heavy atom. The van der Waals surface area contributed by atoms with Crippen molar-refractivity contribution < 1.29 is 32.6 Å². The van der Waals surface area contributed by atoms with Crippen LogP contribution in [0.3, 0.4) is 0 Å². The van der Waals surface area contributed by atoms with Crippen LogP contribution in [0.5, 0.6) is 5.75 Å². The molecule has 2 aromatic carbocycles. The highest BCUT2D eigenvalue weighted by Crippen LogP contribution is 2.31. The quantitative estimate of drug-likeness (QED) is 0.823. The van der Waals surface area contributed by atoms with Crippen LogP contribution in [0.4, 0.5) is 13.2 Å². The molecule has 0 saturated heterocycles. The topological polar surface area (TPSA) is 75.6 Å². The highest BCUT2D eigenvalue weighted by molar-refractivity contribution is 5.98. The minimum Gasteiger partial charge on any atom is -0.497 e. The lowest BCUT2D eigenvalue weighted by Crippen LogP contribution is -2.42. The highest BCUT2D eigenvalue weighted by Gasteiger charge is 2.35. The summed E-state index contributed by atoms with van der Waals surface area (Å²) in [5.41, 5.74) is -1.16. The summed E-state index contributed by atoms with van der Waals surface area (Å²) in [5, 5.41) is 11.5. The molecule has 0 aliphatic heterocycles. The Balaban J connectivity index is 2.20. The number of methoxy groups -OCH3 is 1. The normalized spacial score (nSPS) is 12.3. The van der Waals surface area contributed by atoms with E-state index in [0.29, 0.717) is 11.3 Å². The molecule has 2 aromatic rings. The monoisotopic (exact) mass is 367 g/mol. The van der Waals surface area contributed by atoms with Gasteiger partial charge in [0.25, 0.3) is 5.91 Å². The number of rotatable bonds is 6. The number of carbonyl (C=O) groups is 2. The Hall–Kier alpha value is -3.03. The van der Waals surface area contributed by atoms with Crippen LogP contribution in [0.25, 0.3) is 0 Å². The molecule has 0 aliphatic rings. The molecule has 138 valence electrons. The molecule has 0 saturated carbocycles. The number of nitrogens with one attached hydrogen (secondary N) is 1. The molecule has 1 atom stereocenters. The van der Waals surface area contributed by atoms with Gasteiger partial charge in [-0.15, -0.1) is 0 Å². The number of aliphatic carboxylic acids is 1. The second-order valence-electron chi connectivity index (χ2n) is 5.46. The van der Waals surface area contributed by atoms with Crippen molar-refractivity contribution in [3.8, 4) is 5.75 Å². The van der Waals surface area contributed by atoms with E-state index in [1.165, 1.54) is 13.2 Å². The summed E-state index contributed by atoms with van der Waals surface area (Å²) in [5.74, 6) is -1.87. The fraction of sp³-hybridized carbons (Fsp3) is 0.222. The maximum atomic E-state index is 13.0. The third-order valence-corrected chi connectivity index (χ3v) is 3.68. The first-order valence-electron chi connectivity index (χ1n) is 7.55. The van der Waals surface area contributed by atoms with Gasteiger partial charge in [-0.25, -0.2) is 4.79 Å². The molecule has 0 bridgehead atoms. The molecule has 8 heteroatoms. The number of amides is 1. The summed E-state index contributed by atoms with van der Waals surface area (Å²) in [7, 11) is 1.48. The van der Waals surface area contributed by atoms with Crippen molar-refractivity contribution in [2.24, 2.45) is 0 Å². The van der Waals surface area contributed by atoms with Crippen LogP contribution in [0, 0.1) is 0 Å². The summed E-state index contributed by atoms with van der Waals surface area (Å²) in [6, 6.07) is 9.31. The summed E-state index contributed by atoms with van der Waals surface area (Å²) < 4.78 is 44.0. The number of halogens is 3. The molecule has 2 rings (SSSR count). The van der Waals surface area contributed by atoms with E-state index in [4.69, 9.17) is 4.74 Å². The maximum absolute atomic E-state index is 13.0. The van der Waals surface area contributed by atoms with Crippen LogP contribution >= 0.6 is 0 Å². The molecule has 0 aromatic heterocycles. The smallest absolute Gasteiger partial charge is 0.417 e. The van der Waals surface area contributed by atoms with E-state index < -0.39 is 35.2 Å². The van der Waals surface area contributed by atoms with Gasteiger partial charge < -0.3 is 15.2 Å². The molecular weight excluding hydrogens is 351 g/mol. The molecule has 5 nitrogen and oxygen atoms in total.